The van der Waals surface area contributed by atoms with Gasteiger partial charge >= 0.3 is 0 Å². The first-order valence-electron chi connectivity index (χ1n) is 13.9. The van der Waals surface area contributed by atoms with E-state index in [1.807, 2.05) is 46.8 Å². The molecule has 0 saturated heterocycles. The number of carbonyl (C=O) groups is 2. The van der Waals surface area contributed by atoms with Crippen LogP contribution in [0.5, 0.6) is 0 Å². The molecule has 1 atom stereocenters. The molecule has 0 spiro atoms. The summed E-state index contributed by atoms with van der Waals surface area (Å²) in [6.45, 7) is 11.2. The molecule has 42 heavy (non-hydrogen) atoms. The van der Waals surface area contributed by atoms with Gasteiger partial charge in [0.25, 0.3) is 10.0 Å². The Morgan fingerprint density at radius 3 is 2.14 bits per heavy atom. The normalized spacial score (nSPS) is 12.2. The lowest BCUT2D eigenvalue weighted by molar-refractivity contribution is -0.140. The molecule has 1 N–H and O–H groups in total. The number of nitrogens with one attached hydrogen (secondary N) is 1. The van der Waals surface area contributed by atoms with E-state index < -0.39 is 28.5 Å². The topological polar surface area (TPSA) is 86.8 Å². The summed E-state index contributed by atoms with van der Waals surface area (Å²) in [5, 5.41) is 3.70. The van der Waals surface area contributed by atoms with Crippen LogP contribution in [0.1, 0.15) is 49.4 Å². The molecule has 0 aromatic heterocycles. The van der Waals surface area contributed by atoms with Gasteiger partial charge < -0.3 is 10.2 Å². The van der Waals surface area contributed by atoms with Crippen LogP contribution in [-0.4, -0.2) is 44.3 Å². The monoisotopic (exact) mass is 631 g/mol. The van der Waals surface area contributed by atoms with Crippen molar-refractivity contribution < 1.29 is 18.0 Å². The molecule has 0 aliphatic carbocycles. The van der Waals surface area contributed by atoms with E-state index in [4.69, 9.17) is 23.2 Å². The Bertz CT molecular complexity index is 1530. The van der Waals surface area contributed by atoms with Crippen LogP contribution < -0.4 is 9.62 Å². The lowest BCUT2D eigenvalue weighted by Gasteiger charge is -2.34. The van der Waals surface area contributed by atoms with E-state index in [1.54, 1.807) is 43.3 Å². The van der Waals surface area contributed by atoms with Crippen molar-refractivity contribution in [1.82, 2.24) is 10.2 Å². The molecule has 0 aliphatic rings. The zero-order chi connectivity index (χ0) is 31.2. The molecule has 0 saturated carbocycles. The number of sulfonamides is 1. The fraction of sp³-hybridized carbons (Fsp3) is 0.375. The SMILES string of the molecule is CC[C@H](C(=O)NCC(C)C)N(Cc1ccc(Cl)cc1Cl)C(=O)CN(c1cc(C)ccc1C)S(=O)(=O)c1ccc(C)cc1. The first-order valence-corrected chi connectivity index (χ1v) is 16.1. The average molecular weight is 633 g/mol. The molecule has 2 amide bonds. The predicted octanol–water partition coefficient (Wildman–Crippen LogP) is 6.69. The van der Waals surface area contributed by atoms with Gasteiger partial charge in [0.1, 0.15) is 12.6 Å². The fourth-order valence-corrected chi connectivity index (χ4v) is 6.45. The van der Waals surface area contributed by atoms with Crippen molar-refractivity contribution >= 4 is 50.7 Å². The molecule has 7 nitrogen and oxygen atoms in total. The largest absolute Gasteiger partial charge is 0.354 e. The van der Waals surface area contributed by atoms with Crippen LogP contribution in [0, 0.1) is 26.7 Å². The minimum absolute atomic E-state index is 0.00629. The summed E-state index contributed by atoms with van der Waals surface area (Å²) >= 11 is 12.6. The van der Waals surface area contributed by atoms with E-state index in [9.17, 15) is 18.0 Å². The first kappa shape index (κ1) is 33.4. The van der Waals surface area contributed by atoms with E-state index in [2.05, 4.69) is 5.32 Å². The number of amides is 2. The van der Waals surface area contributed by atoms with Gasteiger partial charge in [-0.25, -0.2) is 8.42 Å². The van der Waals surface area contributed by atoms with E-state index >= 15 is 0 Å². The van der Waals surface area contributed by atoms with Gasteiger partial charge in [0, 0.05) is 23.1 Å². The van der Waals surface area contributed by atoms with Gasteiger partial charge in [-0.05, 0) is 80.1 Å². The number of carbonyl (C=O) groups excluding carboxylic acids is 2. The standard InChI is InChI=1S/C32H39Cl2N3O4S/c1-7-29(32(39)35-18-21(2)3)36(19-25-12-13-26(33)17-28(25)34)31(38)20-37(30-16-23(5)8-11-24(30)6)42(40,41)27-14-9-22(4)10-15-27/h8-17,21,29H,7,18-20H2,1-6H3,(H,35,39)/t29-/m1/s1. The second-order valence-corrected chi connectivity index (χ2v) is 13.6. The Morgan fingerprint density at radius 2 is 1.55 bits per heavy atom. The number of hydrogen-bond acceptors (Lipinski definition) is 4. The van der Waals surface area contributed by atoms with Crippen LogP contribution in [0.15, 0.2) is 65.6 Å². The second kappa shape index (κ2) is 14.4. The molecule has 3 aromatic carbocycles. The Balaban J connectivity index is 2.11. The average Bonchev–Trinajstić information content (AvgIpc) is 2.93. The summed E-state index contributed by atoms with van der Waals surface area (Å²) < 4.78 is 29.3. The highest BCUT2D eigenvalue weighted by molar-refractivity contribution is 7.92. The van der Waals surface area contributed by atoms with Gasteiger partial charge in [-0.3, -0.25) is 13.9 Å². The van der Waals surface area contributed by atoms with Gasteiger partial charge in [0.15, 0.2) is 0 Å². The molecular formula is C32H39Cl2N3O4S. The molecule has 3 rings (SSSR count). The number of aryl methyl sites for hydroxylation is 3. The maximum atomic E-state index is 14.3. The molecule has 0 aliphatic heterocycles. The van der Waals surface area contributed by atoms with Gasteiger partial charge in [0.2, 0.25) is 11.8 Å². The van der Waals surface area contributed by atoms with Crippen LogP contribution >= 0.6 is 23.2 Å². The molecule has 0 unspecified atom stereocenters. The first-order chi connectivity index (χ1) is 19.7. The van der Waals surface area contributed by atoms with E-state index in [-0.39, 0.29) is 23.3 Å². The number of hydrogen-bond donors (Lipinski definition) is 1. The Hall–Kier alpha value is -3.07. The van der Waals surface area contributed by atoms with Gasteiger partial charge in [-0.15, -0.1) is 0 Å². The molecule has 0 fully saturated rings. The zero-order valence-corrected chi connectivity index (χ0v) is 27.3. The molecule has 0 heterocycles. The molecule has 10 heteroatoms. The second-order valence-electron chi connectivity index (χ2n) is 10.9. The molecular weight excluding hydrogens is 593 g/mol. The number of anilines is 1. The van der Waals surface area contributed by atoms with Crippen LogP contribution in [0.3, 0.4) is 0 Å². The minimum atomic E-state index is -4.16. The smallest absolute Gasteiger partial charge is 0.264 e. The van der Waals surface area contributed by atoms with E-state index in [0.717, 1.165) is 15.4 Å². The number of rotatable bonds is 12. The van der Waals surface area contributed by atoms with Crippen molar-refractivity contribution in [3.8, 4) is 0 Å². The third kappa shape index (κ3) is 8.27. The number of halogens is 2. The van der Waals surface area contributed by atoms with Crippen LogP contribution in [0.25, 0.3) is 0 Å². The summed E-state index contributed by atoms with van der Waals surface area (Å²) in [5.41, 5.74) is 3.43. The van der Waals surface area contributed by atoms with Crippen molar-refractivity contribution in [2.75, 3.05) is 17.4 Å². The third-order valence-electron chi connectivity index (χ3n) is 6.95. The Kier molecular flexibility index (Phi) is 11.5. The molecule has 3 aromatic rings. The zero-order valence-electron chi connectivity index (χ0n) is 24.9. The van der Waals surface area contributed by atoms with Crippen molar-refractivity contribution in [3.63, 3.8) is 0 Å². The fourth-order valence-electron chi connectivity index (χ4n) is 4.51. The number of nitrogens with zero attached hydrogens (tertiary/aromatic N) is 2. The highest BCUT2D eigenvalue weighted by Gasteiger charge is 2.34. The molecule has 0 radical (unpaired) electrons. The van der Waals surface area contributed by atoms with Crippen molar-refractivity contribution in [1.29, 1.82) is 0 Å². The quantitative estimate of drug-likeness (QED) is 0.241. The summed E-state index contributed by atoms with van der Waals surface area (Å²) in [4.78, 5) is 29.1. The Morgan fingerprint density at radius 1 is 0.905 bits per heavy atom. The van der Waals surface area contributed by atoms with E-state index in [0.29, 0.717) is 39.8 Å². The lowest BCUT2D eigenvalue weighted by atomic mass is 10.1. The maximum absolute atomic E-state index is 14.3. The predicted molar refractivity (Wildman–Crippen MR) is 171 cm³/mol. The third-order valence-corrected chi connectivity index (χ3v) is 9.31. The molecule has 0 bridgehead atoms. The van der Waals surface area contributed by atoms with Crippen LogP contribution in [0.4, 0.5) is 5.69 Å². The summed E-state index contributed by atoms with van der Waals surface area (Å²) in [7, 11) is -4.16. The summed E-state index contributed by atoms with van der Waals surface area (Å²) in [6, 6.07) is 16.1. The number of benzene rings is 3. The van der Waals surface area contributed by atoms with Crippen LogP contribution in [-0.2, 0) is 26.2 Å². The lowest BCUT2D eigenvalue weighted by Crippen LogP contribution is -2.52. The summed E-state index contributed by atoms with van der Waals surface area (Å²) in [6.07, 6.45) is 0.315. The van der Waals surface area contributed by atoms with Gasteiger partial charge in [0.05, 0.1) is 10.6 Å². The van der Waals surface area contributed by atoms with Crippen LogP contribution in [0.2, 0.25) is 10.0 Å². The van der Waals surface area contributed by atoms with Gasteiger partial charge in [-0.2, -0.15) is 0 Å². The highest BCUT2D eigenvalue weighted by atomic mass is 35.5. The highest BCUT2D eigenvalue weighted by Crippen LogP contribution is 2.29. The van der Waals surface area contributed by atoms with Crippen molar-refractivity contribution in [3.05, 3.63) is 93.0 Å². The minimum Gasteiger partial charge on any atom is -0.354 e. The van der Waals surface area contributed by atoms with Gasteiger partial charge in [-0.1, -0.05) is 79.9 Å². The van der Waals surface area contributed by atoms with Crippen molar-refractivity contribution in [2.45, 2.75) is 65.4 Å². The van der Waals surface area contributed by atoms with E-state index in [1.165, 1.54) is 17.0 Å². The maximum Gasteiger partial charge on any atom is 0.264 e. The molecule has 226 valence electrons. The van der Waals surface area contributed by atoms with Crippen molar-refractivity contribution in [2.24, 2.45) is 5.92 Å². The summed E-state index contributed by atoms with van der Waals surface area (Å²) in [5.74, 6) is -0.644. The Labute approximate surface area is 259 Å².